The molecule has 7 nitrogen and oxygen atoms in total. The van der Waals surface area contributed by atoms with E-state index in [1.807, 2.05) is 30.3 Å². The summed E-state index contributed by atoms with van der Waals surface area (Å²) in [7, 11) is 1.53. The summed E-state index contributed by atoms with van der Waals surface area (Å²) in [6.45, 7) is 2.46. The number of amides is 2. The Morgan fingerprint density at radius 1 is 1.10 bits per heavy atom. The maximum atomic E-state index is 13.3. The number of likely N-dealkylation sites (N-methyl/N-ethyl adjacent to an activating group) is 1. The predicted octanol–water partition coefficient (Wildman–Crippen LogP) is 2.36. The zero-order valence-corrected chi connectivity index (χ0v) is 16.8. The van der Waals surface area contributed by atoms with Gasteiger partial charge in [0.25, 0.3) is 11.8 Å². The van der Waals surface area contributed by atoms with Crippen molar-refractivity contribution in [3.63, 3.8) is 0 Å². The van der Waals surface area contributed by atoms with Gasteiger partial charge in [0.2, 0.25) is 0 Å². The van der Waals surface area contributed by atoms with Crippen molar-refractivity contribution in [2.45, 2.75) is 13.0 Å². The molecule has 1 saturated heterocycles. The van der Waals surface area contributed by atoms with Gasteiger partial charge >= 0.3 is 0 Å². The molecule has 0 bridgehead atoms. The minimum absolute atomic E-state index is 0.135. The van der Waals surface area contributed by atoms with Gasteiger partial charge in [-0.1, -0.05) is 36.4 Å². The molecule has 1 unspecified atom stereocenters. The second-order valence-electron chi connectivity index (χ2n) is 7.16. The number of morpholine rings is 1. The van der Waals surface area contributed by atoms with E-state index in [9.17, 15) is 14.4 Å². The zero-order valence-electron chi connectivity index (χ0n) is 16.8. The highest BCUT2D eigenvalue weighted by molar-refractivity contribution is 6.05. The van der Waals surface area contributed by atoms with Crippen LogP contribution in [0.2, 0.25) is 0 Å². The van der Waals surface area contributed by atoms with Gasteiger partial charge in [-0.2, -0.15) is 0 Å². The molecule has 2 heterocycles. The van der Waals surface area contributed by atoms with Crippen LogP contribution in [-0.2, 0) is 9.53 Å². The molecule has 1 fully saturated rings. The van der Waals surface area contributed by atoms with Crippen LogP contribution in [0.25, 0.3) is 22.3 Å². The third kappa shape index (κ3) is 3.48. The molecule has 0 saturated carbocycles. The Balaban J connectivity index is 1.80. The summed E-state index contributed by atoms with van der Waals surface area (Å²) >= 11 is 0. The van der Waals surface area contributed by atoms with E-state index in [1.54, 1.807) is 30.0 Å². The zero-order chi connectivity index (χ0) is 21.3. The van der Waals surface area contributed by atoms with Crippen LogP contribution in [0.15, 0.2) is 57.7 Å². The SMILES string of the molecule is CNC(=O)C1CN(C(=O)c2cccc3c(=O)c(C)c(-c4ccccc4)oc23)CCO1. The fourth-order valence-electron chi connectivity index (χ4n) is 3.67. The lowest BCUT2D eigenvalue weighted by Gasteiger charge is -2.32. The monoisotopic (exact) mass is 406 g/mol. The Morgan fingerprint density at radius 2 is 1.87 bits per heavy atom. The van der Waals surface area contributed by atoms with Crippen molar-refractivity contribution in [2.75, 3.05) is 26.7 Å². The first kappa shape index (κ1) is 19.8. The molecule has 30 heavy (non-hydrogen) atoms. The topological polar surface area (TPSA) is 88.9 Å². The lowest BCUT2D eigenvalue weighted by atomic mass is 10.0. The number of rotatable bonds is 3. The number of para-hydroxylation sites is 1. The summed E-state index contributed by atoms with van der Waals surface area (Å²) in [6.07, 6.45) is -0.725. The van der Waals surface area contributed by atoms with Crippen molar-refractivity contribution in [2.24, 2.45) is 0 Å². The number of ether oxygens (including phenoxy) is 1. The van der Waals surface area contributed by atoms with Gasteiger partial charge in [-0.3, -0.25) is 14.4 Å². The Morgan fingerprint density at radius 3 is 2.60 bits per heavy atom. The van der Waals surface area contributed by atoms with E-state index >= 15 is 0 Å². The average molecular weight is 406 g/mol. The molecule has 1 atom stereocenters. The summed E-state index contributed by atoms with van der Waals surface area (Å²) < 4.78 is 11.6. The smallest absolute Gasteiger partial charge is 0.257 e. The van der Waals surface area contributed by atoms with Crippen molar-refractivity contribution in [1.29, 1.82) is 0 Å². The minimum atomic E-state index is -0.725. The highest BCUT2D eigenvalue weighted by Gasteiger charge is 2.30. The molecule has 154 valence electrons. The summed E-state index contributed by atoms with van der Waals surface area (Å²) in [5.74, 6) is -0.138. The van der Waals surface area contributed by atoms with Gasteiger partial charge in [-0.15, -0.1) is 0 Å². The molecule has 0 spiro atoms. The first-order valence-electron chi connectivity index (χ1n) is 9.75. The number of carbonyl (C=O) groups excluding carboxylic acids is 2. The van der Waals surface area contributed by atoms with Gasteiger partial charge in [-0.25, -0.2) is 0 Å². The lowest BCUT2D eigenvalue weighted by Crippen LogP contribution is -2.51. The standard InChI is InChI=1S/C23H22N2O5/c1-14-19(26)16-9-6-10-17(21(16)30-20(14)15-7-4-3-5-8-15)23(28)25-11-12-29-18(13-25)22(27)24-2/h3-10,18H,11-13H2,1-2H3,(H,24,27). The van der Waals surface area contributed by atoms with Crippen molar-refractivity contribution in [1.82, 2.24) is 10.2 Å². The van der Waals surface area contributed by atoms with Gasteiger partial charge < -0.3 is 19.4 Å². The second-order valence-corrected chi connectivity index (χ2v) is 7.16. The lowest BCUT2D eigenvalue weighted by molar-refractivity contribution is -0.136. The van der Waals surface area contributed by atoms with Gasteiger partial charge in [0.15, 0.2) is 17.1 Å². The third-order valence-electron chi connectivity index (χ3n) is 5.30. The second kappa shape index (κ2) is 8.12. The van der Waals surface area contributed by atoms with Gasteiger partial charge in [0.05, 0.1) is 24.1 Å². The molecule has 2 amide bonds. The van der Waals surface area contributed by atoms with Gasteiger partial charge in [-0.05, 0) is 19.1 Å². The number of benzene rings is 2. The van der Waals surface area contributed by atoms with Crippen LogP contribution in [0, 0.1) is 6.92 Å². The average Bonchev–Trinajstić information content (AvgIpc) is 2.80. The van der Waals surface area contributed by atoms with Crippen LogP contribution in [0.4, 0.5) is 0 Å². The highest BCUT2D eigenvalue weighted by atomic mass is 16.5. The molecule has 1 aliphatic rings. The van der Waals surface area contributed by atoms with Crippen LogP contribution < -0.4 is 10.7 Å². The highest BCUT2D eigenvalue weighted by Crippen LogP contribution is 2.28. The number of fused-ring (bicyclic) bond motifs is 1. The summed E-state index contributed by atoms with van der Waals surface area (Å²) in [5, 5.41) is 2.90. The molecule has 1 N–H and O–H groups in total. The molecule has 1 aliphatic heterocycles. The number of nitrogens with one attached hydrogen (secondary N) is 1. The van der Waals surface area contributed by atoms with E-state index in [0.717, 1.165) is 5.56 Å². The van der Waals surface area contributed by atoms with Crippen LogP contribution >= 0.6 is 0 Å². The van der Waals surface area contributed by atoms with Crippen molar-refractivity contribution in [3.8, 4) is 11.3 Å². The molecular weight excluding hydrogens is 384 g/mol. The fraction of sp³-hybridized carbons (Fsp3) is 0.261. The number of hydrogen-bond donors (Lipinski definition) is 1. The van der Waals surface area contributed by atoms with E-state index in [-0.39, 0.29) is 36.0 Å². The van der Waals surface area contributed by atoms with E-state index in [0.29, 0.717) is 28.8 Å². The van der Waals surface area contributed by atoms with Gasteiger partial charge in [0, 0.05) is 24.7 Å². The number of hydrogen-bond acceptors (Lipinski definition) is 5. The number of nitrogens with zero attached hydrogens (tertiary/aromatic N) is 1. The Kier molecular flexibility index (Phi) is 5.37. The van der Waals surface area contributed by atoms with E-state index in [4.69, 9.17) is 9.15 Å². The fourth-order valence-corrected chi connectivity index (χ4v) is 3.67. The maximum Gasteiger partial charge on any atom is 0.257 e. The molecule has 1 aromatic heterocycles. The van der Waals surface area contributed by atoms with E-state index in [1.165, 1.54) is 7.05 Å². The Labute approximate surface area is 173 Å². The first-order valence-corrected chi connectivity index (χ1v) is 9.75. The Hall–Kier alpha value is -3.45. The van der Waals surface area contributed by atoms with Crippen molar-refractivity contribution >= 4 is 22.8 Å². The molecule has 0 radical (unpaired) electrons. The predicted molar refractivity (Wildman–Crippen MR) is 112 cm³/mol. The first-order chi connectivity index (χ1) is 14.5. The molecular formula is C23H22N2O5. The normalized spacial score (nSPS) is 16.5. The molecule has 3 aromatic rings. The van der Waals surface area contributed by atoms with Crippen LogP contribution in [-0.4, -0.2) is 49.6 Å². The third-order valence-corrected chi connectivity index (χ3v) is 5.30. The maximum absolute atomic E-state index is 13.3. The summed E-state index contributed by atoms with van der Waals surface area (Å²) in [4.78, 5) is 39.8. The quantitative estimate of drug-likeness (QED) is 0.721. The van der Waals surface area contributed by atoms with Crippen LogP contribution in [0.5, 0.6) is 0 Å². The van der Waals surface area contributed by atoms with Crippen LogP contribution in [0.3, 0.4) is 0 Å². The Bertz CT molecular complexity index is 1170. The summed E-state index contributed by atoms with van der Waals surface area (Å²) in [5.41, 5.74) is 1.63. The minimum Gasteiger partial charge on any atom is -0.455 e. The largest absolute Gasteiger partial charge is 0.455 e. The molecule has 2 aromatic carbocycles. The van der Waals surface area contributed by atoms with Crippen molar-refractivity contribution < 1.29 is 18.7 Å². The van der Waals surface area contributed by atoms with E-state index in [2.05, 4.69) is 5.32 Å². The summed E-state index contributed by atoms with van der Waals surface area (Å²) in [6, 6.07) is 14.3. The van der Waals surface area contributed by atoms with E-state index < -0.39 is 6.10 Å². The van der Waals surface area contributed by atoms with Gasteiger partial charge in [0.1, 0.15) is 5.76 Å². The molecule has 4 rings (SSSR count). The number of carbonyl (C=O) groups is 2. The molecule has 7 heteroatoms. The van der Waals surface area contributed by atoms with Crippen LogP contribution in [0.1, 0.15) is 15.9 Å². The molecule has 0 aliphatic carbocycles. The van der Waals surface area contributed by atoms with Crippen molar-refractivity contribution in [3.05, 3.63) is 69.9 Å².